The number of nitrogens with two attached hydrogens (primary N) is 1. The highest BCUT2D eigenvalue weighted by Gasteiger charge is 2.29. The first-order chi connectivity index (χ1) is 10.1. The Morgan fingerprint density at radius 1 is 1.14 bits per heavy atom. The third-order valence-electron chi connectivity index (χ3n) is 4.41. The minimum absolute atomic E-state index is 0.528. The third-order valence-corrected chi connectivity index (χ3v) is 5.33. The molecule has 21 heavy (non-hydrogen) atoms. The quantitative estimate of drug-likeness (QED) is 0.926. The Morgan fingerprint density at radius 2 is 1.76 bits per heavy atom. The van der Waals surface area contributed by atoms with Gasteiger partial charge in [0, 0.05) is 25.2 Å². The van der Waals surface area contributed by atoms with Crippen LogP contribution in [0.15, 0.2) is 30.3 Å². The standard InChI is InChI=1S/C16H22N4S/c1-11-9-20(10-12(2)19(11)3)16-14(15(17)18-21-16)13-7-5-4-6-8-13/h4-8,11-12H,9-10H2,1-3H3,(H2,17,18). The van der Waals surface area contributed by atoms with Crippen molar-refractivity contribution in [3.05, 3.63) is 30.3 Å². The third kappa shape index (κ3) is 2.63. The van der Waals surface area contributed by atoms with Crippen LogP contribution in [-0.4, -0.2) is 41.5 Å². The van der Waals surface area contributed by atoms with Crippen molar-refractivity contribution in [3.63, 3.8) is 0 Å². The average molecular weight is 302 g/mol. The zero-order valence-electron chi connectivity index (χ0n) is 12.8. The molecule has 1 aromatic heterocycles. The van der Waals surface area contributed by atoms with Gasteiger partial charge in [-0.05, 0) is 38.0 Å². The first-order valence-electron chi connectivity index (χ1n) is 7.35. The summed E-state index contributed by atoms with van der Waals surface area (Å²) in [6.07, 6.45) is 0. The van der Waals surface area contributed by atoms with Gasteiger partial charge in [0.15, 0.2) is 0 Å². The van der Waals surface area contributed by atoms with Crippen LogP contribution in [0.5, 0.6) is 0 Å². The van der Waals surface area contributed by atoms with E-state index in [-0.39, 0.29) is 0 Å². The molecule has 2 N–H and O–H groups in total. The lowest BCUT2D eigenvalue weighted by Crippen LogP contribution is -2.55. The highest BCUT2D eigenvalue weighted by molar-refractivity contribution is 7.11. The molecule has 0 radical (unpaired) electrons. The topological polar surface area (TPSA) is 45.4 Å². The van der Waals surface area contributed by atoms with Gasteiger partial charge in [-0.25, -0.2) is 0 Å². The van der Waals surface area contributed by atoms with Gasteiger partial charge in [0.2, 0.25) is 0 Å². The van der Waals surface area contributed by atoms with Gasteiger partial charge in [-0.15, -0.1) is 0 Å². The molecule has 1 aliphatic rings. The molecule has 2 aromatic rings. The Bertz CT molecular complexity index is 598. The second-order valence-electron chi connectivity index (χ2n) is 5.88. The number of rotatable bonds is 2. The molecule has 112 valence electrons. The van der Waals surface area contributed by atoms with Crippen LogP contribution in [0.3, 0.4) is 0 Å². The number of hydrogen-bond donors (Lipinski definition) is 1. The Hall–Kier alpha value is -1.59. The zero-order valence-corrected chi connectivity index (χ0v) is 13.6. The number of benzene rings is 1. The van der Waals surface area contributed by atoms with Crippen LogP contribution < -0.4 is 10.6 Å². The van der Waals surface area contributed by atoms with Crippen LogP contribution in [0.4, 0.5) is 10.8 Å². The van der Waals surface area contributed by atoms with E-state index in [1.807, 2.05) is 18.2 Å². The molecule has 1 aliphatic heterocycles. The molecule has 0 amide bonds. The Kier molecular flexibility index (Phi) is 3.87. The molecule has 4 nitrogen and oxygen atoms in total. The molecule has 1 aromatic carbocycles. The van der Waals surface area contributed by atoms with E-state index in [0.29, 0.717) is 17.9 Å². The first kappa shape index (κ1) is 14.4. The molecule has 0 bridgehead atoms. The molecule has 1 saturated heterocycles. The minimum Gasteiger partial charge on any atom is -0.382 e. The van der Waals surface area contributed by atoms with Gasteiger partial charge < -0.3 is 10.6 Å². The number of nitrogen functional groups attached to an aromatic ring is 1. The van der Waals surface area contributed by atoms with Crippen molar-refractivity contribution in [1.29, 1.82) is 0 Å². The second-order valence-corrected chi connectivity index (χ2v) is 6.63. The van der Waals surface area contributed by atoms with Crippen molar-refractivity contribution in [2.24, 2.45) is 0 Å². The maximum atomic E-state index is 6.14. The summed E-state index contributed by atoms with van der Waals surface area (Å²) < 4.78 is 4.40. The predicted molar refractivity (Wildman–Crippen MR) is 90.9 cm³/mol. The van der Waals surface area contributed by atoms with E-state index >= 15 is 0 Å². The predicted octanol–water partition coefficient (Wildman–Crippen LogP) is 2.92. The number of piperazine rings is 1. The molecular formula is C16H22N4S. The van der Waals surface area contributed by atoms with Crippen LogP contribution in [0.1, 0.15) is 13.8 Å². The summed E-state index contributed by atoms with van der Waals surface area (Å²) in [6, 6.07) is 11.4. The fourth-order valence-electron chi connectivity index (χ4n) is 2.96. The van der Waals surface area contributed by atoms with Gasteiger partial charge >= 0.3 is 0 Å². The summed E-state index contributed by atoms with van der Waals surface area (Å²) in [5, 5.41) is 1.20. The smallest absolute Gasteiger partial charge is 0.147 e. The van der Waals surface area contributed by atoms with E-state index in [1.54, 1.807) is 0 Å². The summed E-state index contributed by atoms with van der Waals surface area (Å²) in [7, 11) is 2.20. The highest BCUT2D eigenvalue weighted by Crippen LogP contribution is 2.40. The van der Waals surface area contributed by atoms with Crippen molar-refractivity contribution < 1.29 is 0 Å². The normalized spacial score (nSPS) is 23.5. The van der Waals surface area contributed by atoms with Gasteiger partial charge in [-0.3, -0.25) is 4.90 Å². The maximum absolute atomic E-state index is 6.14. The van der Waals surface area contributed by atoms with Gasteiger partial charge in [0.25, 0.3) is 0 Å². The fourth-order valence-corrected chi connectivity index (χ4v) is 3.81. The highest BCUT2D eigenvalue weighted by atomic mass is 32.1. The summed E-state index contributed by atoms with van der Waals surface area (Å²) in [6.45, 7) is 6.58. The van der Waals surface area contributed by atoms with E-state index in [4.69, 9.17) is 5.73 Å². The Balaban J connectivity index is 1.97. The molecule has 5 heteroatoms. The molecule has 1 fully saturated rings. The lowest BCUT2D eigenvalue weighted by Gasteiger charge is -2.43. The van der Waals surface area contributed by atoms with E-state index in [2.05, 4.69) is 47.2 Å². The molecule has 0 aliphatic carbocycles. The van der Waals surface area contributed by atoms with Crippen LogP contribution in [0.2, 0.25) is 0 Å². The van der Waals surface area contributed by atoms with Gasteiger partial charge in [0.05, 0.1) is 5.56 Å². The second kappa shape index (κ2) is 5.66. The number of aromatic nitrogens is 1. The Morgan fingerprint density at radius 3 is 2.38 bits per heavy atom. The molecular weight excluding hydrogens is 280 g/mol. The zero-order chi connectivity index (χ0) is 15.0. The summed E-state index contributed by atoms with van der Waals surface area (Å²) >= 11 is 1.52. The van der Waals surface area contributed by atoms with E-state index in [1.165, 1.54) is 16.5 Å². The summed E-state index contributed by atoms with van der Waals surface area (Å²) in [5.74, 6) is 0.639. The monoisotopic (exact) mass is 302 g/mol. The molecule has 0 saturated carbocycles. The summed E-state index contributed by atoms with van der Waals surface area (Å²) in [5.41, 5.74) is 8.38. The van der Waals surface area contributed by atoms with Crippen molar-refractivity contribution in [1.82, 2.24) is 9.27 Å². The Labute approximate surface area is 130 Å². The molecule has 2 unspecified atom stereocenters. The SMILES string of the molecule is CC1CN(c2snc(N)c2-c2ccccc2)CC(C)N1C. The van der Waals surface area contributed by atoms with E-state index < -0.39 is 0 Å². The van der Waals surface area contributed by atoms with Crippen LogP contribution in [0.25, 0.3) is 11.1 Å². The minimum atomic E-state index is 0.528. The van der Waals surface area contributed by atoms with Crippen molar-refractivity contribution in [3.8, 4) is 11.1 Å². The van der Waals surface area contributed by atoms with E-state index in [9.17, 15) is 0 Å². The fraction of sp³-hybridized carbons (Fsp3) is 0.438. The van der Waals surface area contributed by atoms with Crippen LogP contribution in [0, 0.1) is 0 Å². The number of likely N-dealkylation sites (N-methyl/N-ethyl adjacent to an activating group) is 1. The average Bonchev–Trinajstić information content (AvgIpc) is 2.87. The molecule has 2 heterocycles. The lowest BCUT2D eigenvalue weighted by atomic mass is 10.1. The van der Waals surface area contributed by atoms with E-state index in [0.717, 1.165) is 24.2 Å². The largest absolute Gasteiger partial charge is 0.382 e. The molecule has 0 spiro atoms. The maximum Gasteiger partial charge on any atom is 0.147 e. The van der Waals surface area contributed by atoms with Gasteiger partial charge in [-0.1, -0.05) is 30.3 Å². The van der Waals surface area contributed by atoms with Crippen molar-refractivity contribution >= 4 is 22.4 Å². The van der Waals surface area contributed by atoms with Crippen molar-refractivity contribution in [2.75, 3.05) is 30.8 Å². The number of anilines is 2. The number of hydrogen-bond acceptors (Lipinski definition) is 5. The number of nitrogens with zero attached hydrogens (tertiary/aromatic N) is 3. The first-order valence-corrected chi connectivity index (χ1v) is 8.12. The van der Waals surface area contributed by atoms with Gasteiger partial charge in [0.1, 0.15) is 10.8 Å². The molecule has 2 atom stereocenters. The summed E-state index contributed by atoms with van der Waals surface area (Å²) in [4.78, 5) is 4.87. The van der Waals surface area contributed by atoms with Crippen LogP contribution in [-0.2, 0) is 0 Å². The molecule has 3 rings (SSSR count). The lowest BCUT2D eigenvalue weighted by molar-refractivity contribution is 0.170. The van der Waals surface area contributed by atoms with Gasteiger partial charge in [-0.2, -0.15) is 4.37 Å². The van der Waals surface area contributed by atoms with Crippen molar-refractivity contribution in [2.45, 2.75) is 25.9 Å². The van der Waals surface area contributed by atoms with Crippen LogP contribution >= 0.6 is 11.5 Å².